The molecule has 0 spiro atoms. The van der Waals surface area contributed by atoms with Crippen LogP contribution in [0.15, 0.2) is 36.2 Å². The molecule has 0 N–H and O–H groups in total. The van der Waals surface area contributed by atoms with Crippen molar-refractivity contribution in [2.24, 2.45) is 0 Å². The van der Waals surface area contributed by atoms with Crippen LogP contribution in [0.25, 0.3) is 11.8 Å². The van der Waals surface area contributed by atoms with Crippen LogP contribution in [-0.2, 0) is 9.31 Å². The highest BCUT2D eigenvalue weighted by molar-refractivity contribution is 6.54. The summed E-state index contributed by atoms with van der Waals surface area (Å²) in [5.74, 6) is 0. The van der Waals surface area contributed by atoms with Gasteiger partial charge in [-0.05, 0) is 52.3 Å². The number of hydrogen-bond donors (Lipinski definition) is 0. The Morgan fingerprint density at radius 1 is 1.17 bits per heavy atom. The van der Waals surface area contributed by atoms with E-state index < -0.39 is 24.0 Å². The topological polar surface area (TPSA) is 49.2 Å². The molecule has 1 aromatic heterocycles. The van der Waals surface area contributed by atoms with Crippen molar-refractivity contribution in [1.82, 2.24) is 15.0 Å². The molecule has 3 rings (SSSR count). The Morgan fingerprint density at radius 2 is 1.79 bits per heavy atom. The number of rotatable bonds is 3. The Balaban J connectivity index is 1.82. The number of aryl methyl sites for hydroxylation is 1. The number of hydrogen-bond acceptors (Lipinski definition) is 4. The Morgan fingerprint density at radius 3 is 2.42 bits per heavy atom. The lowest BCUT2D eigenvalue weighted by molar-refractivity contribution is 0.00578. The van der Waals surface area contributed by atoms with Gasteiger partial charge in [-0.1, -0.05) is 23.4 Å². The van der Waals surface area contributed by atoms with E-state index in [1.165, 1.54) is 6.08 Å². The van der Waals surface area contributed by atoms with Crippen molar-refractivity contribution in [1.29, 1.82) is 0 Å². The summed E-state index contributed by atoms with van der Waals surface area (Å²) in [5, 5.41) is 8.06. The van der Waals surface area contributed by atoms with Crippen molar-refractivity contribution in [3.8, 4) is 5.69 Å². The van der Waals surface area contributed by atoms with Crippen LogP contribution < -0.4 is 0 Å². The lowest BCUT2D eigenvalue weighted by Crippen LogP contribution is -2.41. The van der Waals surface area contributed by atoms with Gasteiger partial charge in [0.1, 0.15) is 11.4 Å². The second-order valence-corrected chi connectivity index (χ2v) is 6.99. The van der Waals surface area contributed by atoms with Crippen LogP contribution in [0.5, 0.6) is 0 Å². The van der Waals surface area contributed by atoms with Crippen LogP contribution in [-0.4, -0.2) is 33.3 Å². The van der Waals surface area contributed by atoms with Gasteiger partial charge in [0.25, 0.3) is 0 Å². The lowest BCUT2D eigenvalue weighted by Gasteiger charge is -2.32. The largest absolute Gasteiger partial charge is 0.525 e. The minimum absolute atomic E-state index is 0.408. The highest BCUT2D eigenvalue weighted by Gasteiger charge is 2.53. The van der Waals surface area contributed by atoms with Crippen molar-refractivity contribution in [3.63, 3.8) is 0 Å². The van der Waals surface area contributed by atoms with Crippen molar-refractivity contribution >= 4 is 13.2 Å². The van der Waals surface area contributed by atoms with Crippen molar-refractivity contribution in [2.75, 3.05) is 0 Å². The van der Waals surface area contributed by atoms with Gasteiger partial charge in [0.15, 0.2) is 0 Å². The first-order chi connectivity index (χ1) is 11.2. The standard InChI is InChI=1S/C17H21BFN3O2/c1-12-8-6-7-9-14(12)22-11-13(20-21-22)10-15(19)18-23-16(2,3)17(4,5)24-18/h6-11H,1-5H3. The molecule has 5 nitrogen and oxygen atoms in total. The first-order valence-corrected chi connectivity index (χ1v) is 7.91. The molecule has 7 heteroatoms. The predicted octanol–water partition coefficient (Wildman–Crippen LogP) is 3.52. The molecular formula is C17H21BFN3O2. The van der Waals surface area contributed by atoms with E-state index in [1.807, 2.05) is 58.9 Å². The number of halogens is 1. The number of nitrogens with zero attached hydrogens (tertiary/aromatic N) is 3. The molecule has 2 aromatic rings. The summed E-state index contributed by atoms with van der Waals surface area (Å²) in [6.07, 6.45) is 2.97. The van der Waals surface area contributed by atoms with Crippen LogP contribution in [0.2, 0.25) is 0 Å². The summed E-state index contributed by atoms with van der Waals surface area (Å²) >= 11 is 0. The minimum atomic E-state index is -1.03. The van der Waals surface area contributed by atoms with E-state index in [2.05, 4.69) is 10.3 Å². The summed E-state index contributed by atoms with van der Waals surface area (Å²) in [6, 6.07) is 7.79. The Hall–Kier alpha value is -1.99. The Labute approximate surface area is 141 Å². The maximum absolute atomic E-state index is 14.5. The molecule has 1 aliphatic heterocycles. The molecule has 126 valence electrons. The fourth-order valence-electron chi connectivity index (χ4n) is 2.45. The third-order valence-corrected chi connectivity index (χ3v) is 4.64. The second kappa shape index (κ2) is 5.83. The predicted molar refractivity (Wildman–Crippen MR) is 91.3 cm³/mol. The molecule has 24 heavy (non-hydrogen) atoms. The monoisotopic (exact) mass is 329 g/mol. The number of benzene rings is 1. The van der Waals surface area contributed by atoms with Crippen LogP contribution in [0.3, 0.4) is 0 Å². The van der Waals surface area contributed by atoms with Crippen molar-refractivity contribution < 1.29 is 13.7 Å². The number of para-hydroxylation sites is 1. The normalized spacial score (nSPS) is 19.8. The molecule has 2 heterocycles. The van der Waals surface area contributed by atoms with Gasteiger partial charge in [-0.3, -0.25) is 0 Å². The van der Waals surface area contributed by atoms with E-state index in [1.54, 1.807) is 10.9 Å². The molecule has 1 aromatic carbocycles. The van der Waals surface area contributed by atoms with Gasteiger partial charge in [0.2, 0.25) is 0 Å². The third kappa shape index (κ3) is 3.01. The molecule has 0 saturated carbocycles. The van der Waals surface area contributed by atoms with E-state index in [4.69, 9.17) is 9.31 Å². The third-order valence-electron chi connectivity index (χ3n) is 4.64. The van der Waals surface area contributed by atoms with Crippen LogP contribution >= 0.6 is 0 Å². The van der Waals surface area contributed by atoms with Gasteiger partial charge >= 0.3 is 7.12 Å². The summed E-state index contributed by atoms with van der Waals surface area (Å²) in [5.41, 5.74) is 0.685. The van der Waals surface area contributed by atoms with E-state index in [0.29, 0.717) is 5.69 Å². The fourth-order valence-corrected chi connectivity index (χ4v) is 2.45. The molecule has 0 bridgehead atoms. The highest BCUT2D eigenvalue weighted by Crippen LogP contribution is 2.38. The highest BCUT2D eigenvalue weighted by atomic mass is 19.1. The molecule has 1 saturated heterocycles. The van der Waals surface area contributed by atoms with E-state index in [-0.39, 0.29) is 0 Å². The van der Waals surface area contributed by atoms with Gasteiger partial charge < -0.3 is 9.31 Å². The molecule has 0 atom stereocenters. The van der Waals surface area contributed by atoms with E-state index in [9.17, 15) is 4.39 Å². The zero-order valence-corrected chi connectivity index (χ0v) is 14.6. The SMILES string of the molecule is Cc1ccccc1-n1cc(C=C(F)B2OC(C)(C)C(C)(C)O2)nn1. The van der Waals surface area contributed by atoms with Crippen LogP contribution in [0.1, 0.15) is 39.0 Å². The molecule has 1 aliphatic rings. The first kappa shape index (κ1) is 16.9. The quantitative estimate of drug-likeness (QED) is 0.809. The van der Waals surface area contributed by atoms with Crippen molar-refractivity contribution in [2.45, 2.75) is 45.8 Å². The first-order valence-electron chi connectivity index (χ1n) is 7.91. The molecule has 0 radical (unpaired) electrons. The Bertz CT molecular complexity index is 770. The van der Waals surface area contributed by atoms with Crippen LogP contribution in [0.4, 0.5) is 4.39 Å². The molecule has 0 unspecified atom stereocenters. The fraction of sp³-hybridized carbons (Fsp3) is 0.412. The van der Waals surface area contributed by atoms with Gasteiger partial charge in [0.05, 0.1) is 23.1 Å². The van der Waals surface area contributed by atoms with Gasteiger partial charge in [-0.25, -0.2) is 9.07 Å². The zero-order valence-electron chi connectivity index (χ0n) is 14.6. The second-order valence-electron chi connectivity index (χ2n) is 6.99. The van der Waals surface area contributed by atoms with Gasteiger partial charge in [-0.15, -0.1) is 5.10 Å². The molecular weight excluding hydrogens is 308 g/mol. The average Bonchev–Trinajstić information content (AvgIpc) is 3.02. The van der Waals surface area contributed by atoms with E-state index >= 15 is 0 Å². The van der Waals surface area contributed by atoms with Crippen molar-refractivity contribution in [3.05, 3.63) is 47.4 Å². The molecule has 0 aliphatic carbocycles. The summed E-state index contributed by atoms with van der Waals surface area (Å²) in [6.45, 7) is 9.52. The molecule has 1 fully saturated rings. The van der Waals surface area contributed by atoms with Gasteiger partial charge in [-0.2, -0.15) is 0 Å². The summed E-state index contributed by atoms with van der Waals surface area (Å²) in [4.78, 5) is 0. The number of aromatic nitrogens is 3. The maximum atomic E-state index is 14.5. The van der Waals surface area contributed by atoms with Gasteiger partial charge in [0, 0.05) is 0 Å². The van der Waals surface area contributed by atoms with Crippen LogP contribution in [0, 0.1) is 6.92 Å². The Kier molecular flexibility index (Phi) is 4.09. The zero-order chi connectivity index (χ0) is 17.5. The maximum Gasteiger partial charge on any atom is 0.525 e. The lowest BCUT2D eigenvalue weighted by atomic mass is 9.87. The average molecular weight is 329 g/mol. The van der Waals surface area contributed by atoms with E-state index in [0.717, 1.165) is 11.3 Å². The minimum Gasteiger partial charge on any atom is -0.398 e. The smallest absolute Gasteiger partial charge is 0.398 e. The summed E-state index contributed by atoms with van der Waals surface area (Å²) < 4.78 is 27.5. The molecule has 0 amide bonds. The summed E-state index contributed by atoms with van der Waals surface area (Å²) in [7, 11) is -1.03.